The second-order valence-corrected chi connectivity index (χ2v) is 4.49. The lowest BCUT2D eigenvalue weighted by molar-refractivity contribution is 0.217. The molecule has 0 aliphatic heterocycles. The highest BCUT2D eigenvalue weighted by Gasteiger charge is 2.02. The maximum atomic E-state index is 8.42. The number of anilines is 1. The minimum atomic E-state index is 0.218. The van der Waals surface area contributed by atoms with Crippen LogP contribution in [0.15, 0.2) is 29.4 Å². The van der Waals surface area contributed by atoms with Crippen molar-refractivity contribution in [3.63, 3.8) is 0 Å². The zero-order valence-corrected chi connectivity index (χ0v) is 11.6. The number of ether oxygens (including phenoxy) is 1. The van der Waals surface area contributed by atoms with Crippen molar-refractivity contribution in [3.8, 4) is 5.75 Å². The fourth-order valence-corrected chi connectivity index (χ4v) is 1.55. The van der Waals surface area contributed by atoms with Crippen LogP contribution in [-0.4, -0.2) is 23.7 Å². The molecule has 1 unspecified atom stereocenters. The summed E-state index contributed by atoms with van der Waals surface area (Å²) in [5.41, 5.74) is 6.41. The molecule has 0 spiro atoms. The van der Waals surface area contributed by atoms with Crippen LogP contribution in [-0.2, 0) is 0 Å². The Morgan fingerprint density at radius 1 is 1.53 bits per heavy atom. The van der Waals surface area contributed by atoms with E-state index in [0.717, 1.165) is 30.8 Å². The second kappa shape index (κ2) is 8.24. The van der Waals surface area contributed by atoms with Crippen molar-refractivity contribution < 1.29 is 9.94 Å². The molecule has 1 aromatic rings. The lowest BCUT2D eigenvalue weighted by atomic mass is 10.2. The lowest BCUT2D eigenvalue weighted by Crippen LogP contribution is -2.13. The van der Waals surface area contributed by atoms with Gasteiger partial charge in [0.15, 0.2) is 0 Å². The van der Waals surface area contributed by atoms with Gasteiger partial charge in [-0.1, -0.05) is 18.1 Å². The molecule has 0 bridgehead atoms. The molecule has 4 N–H and O–H groups in total. The van der Waals surface area contributed by atoms with Crippen LogP contribution in [0, 0.1) is 0 Å². The summed E-state index contributed by atoms with van der Waals surface area (Å²) in [6.07, 6.45) is 2.59. The number of nitrogens with two attached hydrogens (primary N) is 1. The van der Waals surface area contributed by atoms with E-state index in [4.69, 9.17) is 15.7 Å². The third kappa shape index (κ3) is 5.99. The molecule has 5 heteroatoms. The molecule has 0 aliphatic carbocycles. The van der Waals surface area contributed by atoms with Gasteiger partial charge in [0.25, 0.3) is 0 Å². The first kappa shape index (κ1) is 15.1. The normalized spacial score (nSPS) is 13.1. The van der Waals surface area contributed by atoms with Crippen molar-refractivity contribution in [2.75, 3.05) is 11.9 Å². The molecule has 0 radical (unpaired) electrons. The Morgan fingerprint density at radius 2 is 2.32 bits per heavy atom. The molecular formula is C14H23N3O2. The number of hydrogen-bond acceptors (Lipinski definition) is 4. The molecule has 0 fully saturated rings. The van der Waals surface area contributed by atoms with Gasteiger partial charge in [0.1, 0.15) is 11.6 Å². The van der Waals surface area contributed by atoms with Crippen LogP contribution in [0.4, 0.5) is 5.69 Å². The van der Waals surface area contributed by atoms with Crippen LogP contribution in [0.5, 0.6) is 5.75 Å². The number of nitrogens with one attached hydrogen (secondary N) is 1. The quantitative estimate of drug-likeness (QED) is 0.222. The van der Waals surface area contributed by atoms with Crippen LogP contribution >= 0.6 is 0 Å². The Balaban J connectivity index is 2.40. The molecule has 19 heavy (non-hydrogen) atoms. The van der Waals surface area contributed by atoms with Gasteiger partial charge in [-0.3, -0.25) is 0 Å². The first-order chi connectivity index (χ1) is 9.15. The molecule has 1 atom stereocenters. The van der Waals surface area contributed by atoms with Gasteiger partial charge in [0.2, 0.25) is 0 Å². The number of benzene rings is 1. The molecule has 106 valence electrons. The maximum Gasteiger partial charge on any atom is 0.139 e. The van der Waals surface area contributed by atoms with Crippen molar-refractivity contribution in [3.05, 3.63) is 24.3 Å². The average Bonchev–Trinajstić information content (AvgIpc) is 2.43. The molecule has 0 heterocycles. The Labute approximate surface area is 114 Å². The van der Waals surface area contributed by atoms with Crippen LogP contribution < -0.4 is 15.8 Å². The average molecular weight is 265 g/mol. The number of hydrogen-bond donors (Lipinski definition) is 3. The molecule has 5 nitrogen and oxygen atoms in total. The van der Waals surface area contributed by atoms with Gasteiger partial charge in [0, 0.05) is 24.7 Å². The zero-order chi connectivity index (χ0) is 14.1. The number of nitrogens with zero attached hydrogens (tertiary/aromatic N) is 1. The zero-order valence-electron chi connectivity index (χ0n) is 11.6. The van der Waals surface area contributed by atoms with Crippen molar-refractivity contribution in [2.24, 2.45) is 10.9 Å². The maximum absolute atomic E-state index is 8.42. The van der Waals surface area contributed by atoms with E-state index in [-0.39, 0.29) is 11.9 Å². The summed E-state index contributed by atoms with van der Waals surface area (Å²) in [6, 6.07) is 7.89. The summed E-state index contributed by atoms with van der Waals surface area (Å²) in [4.78, 5) is 0. The molecule has 0 aromatic heterocycles. The van der Waals surface area contributed by atoms with E-state index < -0.39 is 0 Å². The molecular weight excluding hydrogens is 242 g/mol. The van der Waals surface area contributed by atoms with E-state index in [1.165, 1.54) is 0 Å². The van der Waals surface area contributed by atoms with Gasteiger partial charge >= 0.3 is 0 Å². The van der Waals surface area contributed by atoms with Gasteiger partial charge in [-0.2, -0.15) is 0 Å². The number of oxime groups is 1. The highest BCUT2D eigenvalue weighted by Crippen LogP contribution is 2.19. The fraction of sp³-hybridized carbons (Fsp3) is 0.500. The van der Waals surface area contributed by atoms with Crippen LogP contribution in [0.2, 0.25) is 0 Å². The van der Waals surface area contributed by atoms with Crippen molar-refractivity contribution >= 4 is 11.5 Å². The Kier molecular flexibility index (Phi) is 6.57. The van der Waals surface area contributed by atoms with E-state index in [9.17, 15) is 0 Å². The molecule has 0 saturated heterocycles. The van der Waals surface area contributed by atoms with E-state index in [2.05, 4.69) is 24.3 Å². The summed E-state index contributed by atoms with van der Waals surface area (Å²) in [5, 5.41) is 14.6. The summed E-state index contributed by atoms with van der Waals surface area (Å²) >= 11 is 0. The number of amidine groups is 1. The predicted molar refractivity (Wildman–Crippen MR) is 78.0 cm³/mol. The monoisotopic (exact) mass is 265 g/mol. The number of rotatable bonds is 8. The Hall–Kier alpha value is -1.91. The topological polar surface area (TPSA) is 79.9 Å². The standard InChI is InChI=1S/C14H23N3O2/c1-3-11(2)19-13-7-4-6-12(10-13)16-9-5-8-14(15)17-18/h4,6-7,10-11,16,18H,3,5,8-9H2,1-2H3,(H2,15,17). The van der Waals surface area contributed by atoms with Crippen molar-refractivity contribution in [2.45, 2.75) is 39.2 Å². The van der Waals surface area contributed by atoms with Crippen molar-refractivity contribution in [1.82, 2.24) is 0 Å². The second-order valence-electron chi connectivity index (χ2n) is 4.49. The molecule has 0 amide bonds. The van der Waals surface area contributed by atoms with Crippen LogP contribution in [0.1, 0.15) is 33.1 Å². The summed E-state index contributed by atoms with van der Waals surface area (Å²) < 4.78 is 5.75. The van der Waals surface area contributed by atoms with Gasteiger partial charge in [-0.15, -0.1) is 0 Å². The summed E-state index contributed by atoms with van der Waals surface area (Å²) in [7, 11) is 0. The van der Waals surface area contributed by atoms with Crippen molar-refractivity contribution in [1.29, 1.82) is 0 Å². The van der Waals surface area contributed by atoms with E-state index in [0.29, 0.717) is 6.42 Å². The largest absolute Gasteiger partial charge is 0.491 e. The minimum Gasteiger partial charge on any atom is -0.491 e. The predicted octanol–water partition coefficient (Wildman–Crippen LogP) is 2.80. The molecule has 0 saturated carbocycles. The molecule has 1 aromatic carbocycles. The Bertz CT molecular complexity index is 407. The highest BCUT2D eigenvalue weighted by molar-refractivity contribution is 5.79. The summed E-state index contributed by atoms with van der Waals surface area (Å²) in [5.74, 6) is 1.13. The van der Waals surface area contributed by atoms with E-state index in [1.54, 1.807) is 0 Å². The molecule has 0 aliphatic rings. The lowest BCUT2D eigenvalue weighted by Gasteiger charge is -2.14. The van der Waals surface area contributed by atoms with E-state index >= 15 is 0 Å². The SMILES string of the molecule is CCC(C)Oc1cccc(NCCCC(N)=NO)c1. The summed E-state index contributed by atoms with van der Waals surface area (Å²) in [6.45, 7) is 4.92. The Morgan fingerprint density at radius 3 is 3.00 bits per heavy atom. The van der Waals surface area contributed by atoms with E-state index in [1.807, 2.05) is 24.3 Å². The van der Waals surface area contributed by atoms with Gasteiger partial charge in [-0.05, 0) is 31.9 Å². The first-order valence-electron chi connectivity index (χ1n) is 6.62. The smallest absolute Gasteiger partial charge is 0.139 e. The molecule has 1 rings (SSSR count). The first-order valence-corrected chi connectivity index (χ1v) is 6.62. The van der Waals surface area contributed by atoms with Crippen LogP contribution in [0.25, 0.3) is 0 Å². The third-order valence-electron chi connectivity index (χ3n) is 2.81. The van der Waals surface area contributed by atoms with Crippen LogP contribution in [0.3, 0.4) is 0 Å². The van der Waals surface area contributed by atoms with Gasteiger partial charge in [0.05, 0.1) is 6.10 Å². The third-order valence-corrected chi connectivity index (χ3v) is 2.81. The van der Waals surface area contributed by atoms with Gasteiger partial charge < -0.3 is 21.0 Å². The highest BCUT2D eigenvalue weighted by atomic mass is 16.5. The minimum absolute atomic E-state index is 0.218. The fourth-order valence-electron chi connectivity index (χ4n) is 1.55. The van der Waals surface area contributed by atoms with Gasteiger partial charge in [-0.25, -0.2) is 0 Å².